The summed E-state index contributed by atoms with van der Waals surface area (Å²) in [7, 11) is 0. The van der Waals surface area contributed by atoms with Gasteiger partial charge in [0, 0.05) is 9.86 Å². The highest BCUT2D eigenvalue weighted by atomic mass is 79.9. The Morgan fingerprint density at radius 3 is 2.63 bits per heavy atom. The Morgan fingerprint density at radius 2 is 1.89 bits per heavy atom. The zero-order valence-electron chi connectivity index (χ0n) is 10.6. The Hall–Kier alpha value is -1.58. The lowest BCUT2D eigenvalue weighted by atomic mass is 10.0. The Balaban J connectivity index is 2.05. The highest BCUT2D eigenvalue weighted by Crippen LogP contribution is 2.30. The van der Waals surface area contributed by atoms with E-state index in [2.05, 4.69) is 35.0 Å². The predicted molar refractivity (Wildman–Crippen MR) is 81.1 cm³/mol. The van der Waals surface area contributed by atoms with E-state index in [1.807, 2.05) is 36.4 Å². The lowest BCUT2D eigenvalue weighted by Crippen LogP contribution is -2.11. The van der Waals surface area contributed by atoms with E-state index in [1.165, 1.54) is 5.56 Å². The number of benzene rings is 2. The summed E-state index contributed by atoms with van der Waals surface area (Å²) in [5.74, 6) is 0.783. The third-order valence-electron chi connectivity index (χ3n) is 3.24. The molecular weight excluding hydrogens is 302 g/mol. The molecule has 1 heterocycles. The van der Waals surface area contributed by atoms with E-state index in [4.69, 9.17) is 10.2 Å². The van der Waals surface area contributed by atoms with Gasteiger partial charge in [-0.2, -0.15) is 0 Å². The van der Waals surface area contributed by atoms with Crippen LogP contribution in [0.5, 0.6) is 0 Å². The van der Waals surface area contributed by atoms with Gasteiger partial charge < -0.3 is 10.2 Å². The fourth-order valence-corrected chi connectivity index (χ4v) is 2.93. The van der Waals surface area contributed by atoms with E-state index in [-0.39, 0.29) is 6.04 Å². The molecule has 0 aliphatic rings. The van der Waals surface area contributed by atoms with Gasteiger partial charge in [0.15, 0.2) is 0 Å². The lowest BCUT2D eigenvalue weighted by molar-refractivity contribution is 0.524. The van der Waals surface area contributed by atoms with Gasteiger partial charge in [0.2, 0.25) is 0 Å². The van der Waals surface area contributed by atoms with Gasteiger partial charge in [-0.05, 0) is 36.2 Å². The van der Waals surface area contributed by atoms with Crippen molar-refractivity contribution in [3.8, 4) is 0 Å². The van der Waals surface area contributed by atoms with Gasteiger partial charge >= 0.3 is 0 Å². The van der Waals surface area contributed by atoms with Crippen molar-refractivity contribution in [2.75, 3.05) is 0 Å². The molecule has 0 bridgehead atoms. The summed E-state index contributed by atoms with van der Waals surface area (Å²) >= 11 is 3.57. The topological polar surface area (TPSA) is 39.2 Å². The molecule has 0 aliphatic heterocycles. The first-order valence-electron chi connectivity index (χ1n) is 6.15. The molecule has 2 N–H and O–H groups in total. The Morgan fingerprint density at radius 1 is 1.11 bits per heavy atom. The maximum Gasteiger partial charge on any atom is 0.134 e. The fraction of sp³-hybridized carbons (Fsp3) is 0.125. The molecule has 96 valence electrons. The predicted octanol–water partition coefficient (Wildman–Crippen LogP) is 4.55. The number of fused-ring (bicyclic) bond motifs is 1. The minimum Gasteiger partial charge on any atom is -0.459 e. The van der Waals surface area contributed by atoms with Crippen molar-refractivity contribution in [2.45, 2.75) is 13.0 Å². The molecule has 0 spiro atoms. The first-order valence-corrected chi connectivity index (χ1v) is 6.94. The van der Waals surface area contributed by atoms with Gasteiger partial charge in [-0.15, -0.1) is 0 Å². The van der Waals surface area contributed by atoms with Crippen LogP contribution in [-0.4, -0.2) is 0 Å². The van der Waals surface area contributed by atoms with E-state index < -0.39 is 0 Å². The van der Waals surface area contributed by atoms with Crippen molar-refractivity contribution in [1.82, 2.24) is 0 Å². The number of para-hydroxylation sites is 1. The summed E-state index contributed by atoms with van der Waals surface area (Å²) in [6.07, 6.45) is 0. The zero-order valence-corrected chi connectivity index (χ0v) is 12.1. The van der Waals surface area contributed by atoms with Gasteiger partial charge in [-0.3, -0.25) is 0 Å². The monoisotopic (exact) mass is 315 g/mol. The van der Waals surface area contributed by atoms with Gasteiger partial charge in [-0.1, -0.05) is 46.3 Å². The molecule has 2 nitrogen and oxygen atoms in total. The minimum absolute atomic E-state index is 0.262. The van der Waals surface area contributed by atoms with Crippen molar-refractivity contribution in [3.05, 3.63) is 69.9 Å². The van der Waals surface area contributed by atoms with E-state index in [0.717, 1.165) is 26.8 Å². The van der Waals surface area contributed by atoms with Crippen LogP contribution in [0.2, 0.25) is 0 Å². The highest BCUT2D eigenvalue weighted by Gasteiger charge is 2.16. The Labute approximate surface area is 120 Å². The molecule has 1 unspecified atom stereocenters. The van der Waals surface area contributed by atoms with Crippen LogP contribution in [0.15, 0.2) is 57.4 Å². The first kappa shape index (κ1) is 12.5. The first-order chi connectivity index (χ1) is 9.15. The summed E-state index contributed by atoms with van der Waals surface area (Å²) < 4.78 is 6.84. The molecule has 1 aromatic heterocycles. The summed E-state index contributed by atoms with van der Waals surface area (Å²) in [6, 6.07) is 15.8. The smallest absolute Gasteiger partial charge is 0.134 e. The van der Waals surface area contributed by atoms with Crippen LogP contribution in [-0.2, 0) is 0 Å². The number of halogens is 1. The normalized spacial score (nSPS) is 12.8. The van der Waals surface area contributed by atoms with Crippen molar-refractivity contribution in [2.24, 2.45) is 5.73 Å². The number of aryl methyl sites for hydroxylation is 1. The largest absolute Gasteiger partial charge is 0.459 e. The number of hydrogen-bond acceptors (Lipinski definition) is 2. The molecule has 3 aromatic rings. The van der Waals surface area contributed by atoms with Crippen LogP contribution in [0.4, 0.5) is 0 Å². The molecule has 0 amide bonds. The fourth-order valence-electron chi connectivity index (χ4n) is 2.19. The molecule has 19 heavy (non-hydrogen) atoms. The van der Waals surface area contributed by atoms with Crippen LogP contribution >= 0.6 is 15.9 Å². The molecular formula is C16H14BrNO. The van der Waals surface area contributed by atoms with Crippen molar-refractivity contribution in [1.29, 1.82) is 0 Å². The molecule has 1 atom stereocenters. The Bertz CT molecular complexity index is 699. The average Bonchev–Trinajstić information content (AvgIpc) is 2.81. The van der Waals surface area contributed by atoms with Crippen LogP contribution in [0.25, 0.3) is 11.0 Å². The maximum absolute atomic E-state index is 6.31. The van der Waals surface area contributed by atoms with Crippen molar-refractivity contribution in [3.63, 3.8) is 0 Å². The van der Waals surface area contributed by atoms with Crippen LogP contribution in [0.3, 0.4) is 0 Å². The number of furan rings is 1. The molecule has 2 aromatic carbocycles. The molecule has 0 saturated carbocycles. The van der Waals surface area contributed by atoms with Crippen LogP contribution < -0.4 is 5.73 Å². The van der Waals surface area contributed by atoms with E-state index >= 15 is 0 Å². The highest BCUT2D eigenvalue weighted by molar-refractivity contribution is 9.10. The number of nitrogens with two attached hydrogens (primary N) is 1. The van der Waals surface area contributed by atoms with E-state index in [9.17, 15) is 0 Å². The minimum atomic E-state index is -0.262. The second-order valence-electron chi connectivity index (χ2n) is 4.69. The third-order valence-corrected chi connectivity index (χ3v) is 3.93. The molecule has 3 rings (SSSR count). The third kappa shape index (κ3) is 2.31. The standard InChI is InChI=1S/C16H14BrNO/c1-10-6-7-12(13(17)8-10)16(18)15-9-11-4-2-3-5-14(11)19-15/h2-9,16H,18H2,1H3. The quantitative estimate of drug-likeness (QED) is 0.753. The second-order valence-corrected chi connectivity index (χ2v) is 5.54. The maximum atomic E-state index is 6.31. The summed E-state index contributed by atoms with van der Waals surface area (Å²) in [4.78, 5) is 0. The molecule has 3 heteroatoms. The summed E-state index contributed by atoms with van der Waals surface area (Å²) in [5.41, 5.74) is 9.41. The Kier molecular flexibility index (Phi) is 3.17. The van der Waals surface area contributed by atoms with Gasteiger partial charge in [0.1, 0.15) is 11.3 Å². The van der Waals surface area contributed by atoms with Crippen LogP contribution in [0, 0.1) is 6.92 Å². The molecule has 0 saturated heterocycles. The van der Waals surface area contributed by atoms with E-state index in [0.29, 0.717) is 0 Å². The van der Waals surface area contributed by atoms with Gasteiger partial charge in [-0.25, -0.2) is 0 Å². The van der Waals surface area contributed by atoms with E-state index in [1.54, 1.807) is 0 Å². The average molecular weight is 316 g/mol. The zero-order chi connectivity index (χ0) is 13.4. The van der Waals surface area contributed by atoms with Crippen molar-refractivity contribution < 1.29 is 4.42 Å². The summed E-state index contributed by atoms with van der Waals surface area (Å²) in [6.45, 7) is 2.06. The SMILES string of the molecule is Cc1ccc(C(N)c2cc3ccccc3o2)c(Br)c1. The van der Waals surface area contributed by atoms with Crippen LogP contribution in [0.1, 0.15) is 22.9 Å². The van der Waals surface area contributed by atoms with Crippen molar-refractivity contribution >= 4 is 26.9 Å². The number of rotatable bonds is 2. The van der Waals surface area contributed by atoms with Gasteiger partial charge in [0.05, 0.1) is 6.04 Å². The molecule has 0 radical (unpaired) electrons. The second kappa shape index (κ2) is 4.83. The lowest BCUT2D eigenvalue weighted by Gasteiger charge is -2.11. The summed E-state index contributed by atoms with van der Waals surface area (Å²) in [5, 5.41) is 1.08. The van der Waals surface area contributed by atoms with Gasteiger partial charge in [0.25, 0.3) is 0 Å². The molecule has 0 aliphatic carbocycles. The molecule has 0 fully saturated rings. The number of hydrogen-bond donors (Lipinski definition) is 1.